The maximum Gasteiger partial charge on any atom is -0.00200 e. The molecular formula is C140H114. The van der Waals surface area contributed by atoms with Gasteiger partial charge in [-0.2, -0.15) is 0 Å². The van der Waals surface area contributed by atoms with Crippen LogP contribution < -0.4 is 0 Å². The van der Waals surface area contributed by atoms with Crippen molar-refractivity contribution in [3.8, 4) is 89.0 Å². The normalized spacial score (nSPS) is 12.0. The lowest BCUT2D eigenvalue weighted by atomic mass is 9.80. The molecule has 0 fully saturated rings. The minimum Gasteiger partial charge on any atom is -0.0622 e. The van der Waals surface area contributed by atoms with Gasteiger partial charge in [0.1, 0.15) is 0 Å². The minimum absolute atomic E-state index is 0.0511. The molecule has 25 aromatic carbocycles. The van der Waals surface area contributed by atoms with Gasteiger partial charge in [-0.05, 0) is 309 Å². The Morgan fingerprint density at radius 2 is 0.293 bits per heavy atom. The first-order chi connectivity index (χ1) is 68.0. The lowest BCUT2D eigenvalue weighted by Gasteiger charge is -2.23. The zero-order valence-electron chi connectivity index (χ0n) is 82.0. The van der Waals surface area contributed by atoms with E-state index in [1.165, 1.54) is 251 Å². The minimum atomic E-state index is 0.0511. The summed E-state index contributed by atoms with van der Waals surface area (Å²) in [4.78, 5) is 0. The van der Waals surface area contributed by atoms with Gasteiger partial charge in [-0.3, -0.25) is 0 Å². The van der Waals surface area contributed by atoms with E-state index in [0.29, 0.717) is 0 Å². The molecule has 0 N–H and O–H groups in total. The Morgan fingerprint density at radius 3 is 0.571 bits per heavy atom. The van der Waals surface area contributed by atoms with Gasteiger partial charge in [-0.1, -0.05) is 520 Å². The van der Waals surface area contributed by atoms with Crippen molar-refractivity contribution in [1.82, 2.24) is 0 Å². The standard InChI is InChI=1S/2C38H30.C34H28.C30H26/c1-38(2,3)27-22-23-34-35(24-27)37(31-21-11-15-26-13-5-7-17-29(26)31)33-19-9-8-18-32(33)36(34)30-20-10-14-25-12-4-6-16-28(25)30;1-38(2,3)31-20-21-34-35(24-31)37(30-19-17-26-11-5-7-13-28(26)23-30)33-15-9-8-14-32(33)36(34)29-18-16-25-10-4-6-12-27(25)22-29;1-34(2,3)25-20-21-30-31(22-25)33(27-19-11-15-23-12-7-8-16-26(23)27)29-18-10-9-17-28(29)32(30)24-13-5-4-6-14-24;1-30(2,3)23-18-19-26-27(20-23)29(22-14-8-5-9-15-22)25-17-11-10-16-24(25)28(26)21-12-6-4-7-13-21/h2*4-24H,1-3H3;4-22H,1-3H3;4-20H,1-3H3. The predicted molar refractivity (Wildman–Crippen MR) is 612 cm³/mol. The Hall–Kier alpha value is -16.1. The first kappa shape index (κ1) is 89.1. The van der Waals surface area contributed by atoms with Crippen LogP contribution in [0.5, 0.6) is 0 Å². The van der Waals surface area contributed by atoms with Crippen molar-refractivity contribution in [1.29, 1.82) is 0 Å². The molecule has 0 saturated carbocycles. The van der Waals surface area contributed by atoms with Crippen molar-refractivity contribution in [2.24, 2.45) is 0 Å². The van der Waals surface area contributed by atoms with Crippen LogP contribution in [0.4, 0.5) is 0 Å². The van der Waals surface area contributed by atoms with E-state index >= 15 is 0 Å². The van der Waals surface area contributed by atoms with Crippen LogP contribution in [0.3, 0.4) is 0 Å². The van der Waals surface area contributed by atoms with E-state index in [1.807, 2.05) is 0 Å². The van der Waals surface area contributed by atoms with E-state index in [0.717, 1.165) is 0 Å². The van der Waals surface area contributed by atoms with E-state index in [2.05, 4.69) is 556 Å². The van der Waals surface area contributed by atoms with Crippen molar-refractivity contribution < 1.29 is 0 Å². The molecule has 0 saturated heterocycles. The summed E-state index contributed by atoms with van der Waals surface area (Å²) in [6.07, 6.45) is 0. The summed E-state index contributed by atoms with van der Waals surface area (Å²) in [5, 5.41) is 33.7. The molecule has 0 heterocycles. The van der Waals surface area contributed by atoms with Crippen molar-refractivity contribution in [3.63, 3.8) is 0 Å². The second kappa shape index (κ2) is 36.4. The largest absolute Gasteiger partial charge is 0.0622 e. The molecule has 0 aliphatic heterocycles. The van der Waals surface area contributed by atoms with Crippen molar-refractivity contribution in [2.45, 2.75) is 105 Å². The highest BCUT2D eigenvalue weighted by Gasteiger charge is 2.28. The summed E-state index contributed by atoms with van der Waals surface area (Å²) in [6, 6.07) is 174. The van der Waals surface area contributed by atoms with Crippen LogP contribution in [0.2, 0.25) is 0 Å². The van der Waals surface area contributed by atoms with Crippen LogP contribution in [0.1, 0.15) is 105 Å². The second-order valence-electron chi connectivity index (χ2n) is 42.0. The summed E-state index contributed by atoms with van der Waals surface area (Å²) >= 11 is 0. The molecule has 0 unspecified atom stereocenters. The maximum absolute atomic E-state index is 2.45. The molecule has 0 nitrogen and oxygen atoms in total. The third kappa shape index (κ3) is 16.7. The maximum atomic E-state index is 2.45. The molecule has 0 bridgehead atoms. The van der Waals surface area contributed by atoms with Crippen molar-refractivity contribution in [2.75, 3.05) is 0 Å². The van der Waals surface area contributed by atoms with Crippen LogP contribution in [0, 0.1) is 0 Å². The van der Waals surface area contributed by atoms with Gasteiger partial charge in [0.25, 0.3) is 0 Å². The van der Waals surface area contributed by atoms with Gasteiger partial charge in [0.15, 0.2) is 0 Å². The first-order valence-corrected chi connectivity index (χ1v) is 49.6. The average Bonchev–Trinajstić information content (AvgIpc) is 0.772. The first-order valence-electron chi connectivity index (χ1n) is 49.6. The predicted octanol–water partition coefficient (Wildman–Crippen LogP) is 40.3. The summed E-state index contributed by atoms with van der Waals surface area (Å²) in [7, 11) is 0. The smallest absolute Gasteiger partial charge is 0.00200 e. The highest BCUT2D eigenvalue weighted by atomic mass is 14.3. The van der Waals surface area contributed by atoms with Crippen LogP contribution >= 0.6 is 0 Å². The molecule has 0 aliphatic rings. The molecule has 0 aromatic heterocycles. The van der Waals surface area contributed by atoms with Gasteiger partial charge in [-0.15, -0.1) is 0 Å². The molecule has 0 amide bonds. The van der Waals surface area contributed by atoms with Gasteiger partial charge >= 0.3 is 0 Å². The van der Waals surface area contributed by atoms with E-state index < -0.39 is 0 Å². The van der Waals surface area contributed by atoms with Crippen LogP contribution in [-0.4, -0.2) is 0 Å². The number of hydrogen-bond acceptors (Lipinski definition) is 0. The Labute approximate surface area is 823 Å². The average molecular weight is 1800 g/mol. The molecule has 0 aliphatic carbocycles. The van der Waals surface area contributed by atoms with Gasteiger partial charge in [0.2, 0.25) is 0 Å². The van der Waals surface area contributed by atoms with Gasteiger partial charge in [0, 0.05) is 0 Å². The highest BCUT2D eigenvalue weighted by Crippen LogP contribution is 2.53. The molecule has 25 aromatic rings. The molecule has 674 valence electrons. The zero-order valence-corrected chi connectivity index (χ0v) is 82.0. The van der Waals surface area contributed by atoms with Crippen molar-refractivity contribution in [3.05, 3.63) is 495 Å². The monoisotopic (exact) mass is 1790 g/mol. The fraction of sp³-hybridized carbons (Fsp3) is 0.114. The number of fused-ring (bicyclic) bond motifs is 13. The van der Waals surface area contributed by atoms with Crippen molar-refractivity contribution >= 4 is 140 Å². The number of rotatable bonds is 8. The Kier molecular flexibility index (Phi) is 23.2. The third-order valence-electron chi connectivity index (χ3n) is 29.0. The van der Waals surface area contributed by atoms with Gasteiger partial charge in [0.05, 0.1) is 0 Å². The Balaban J connectivity index is 0.000000108. The van der Waals surface area contributed by atoms with E-state index in [4.69, 9.17) is 0 Å². The topological polar surface area (TPSA) is 0 Å². The highest BCUT2D eigenvalue weighted by molar-refractivity contribution is 6.28. The fourth-order valence-electron chi connectivity index (χ4n) is 21.8. The van der Waals surface area contributed by atoms with Gasteiger partial charge in [-0.25, -0.2) is 0 Å². The zero-order chi connectivity index (χ0) is 95.7. The van der Waals surface area contributed by atoms with Crippen LogP contribution in [0.25, 0.3) is 229 Å². The fourth-order valence-corrected chi connectivity index (χ4v) is 21.8. The molecule has 0 heteroatoms. The molecule has 0 atom stereocenters. The van der Waals surface area contributed by atoms with Crippen LogP contribution in [0.15, 0.2) is 473 Å². The molecular weight excluding hydrogens is 1680 g/mol. The number of benzene rings is 25. The van der Waals surface area contributed by atoms with E-state index in [9.17, 15) is 0 Å². The van der Waals surface area contributed by atoms with Crippen LogP contribution in [-0.2, 0) is 21.7 Å². The quantitative estimate of drug-likeness (QED) is 0.133. The van der Waals surface area contributed by atoms with E-state index in [-0.39, 0.29) is 21.7 Å². The lowest BCUT2D eigenvalue weighted by molar-refractivity contribution is 0.591. The second-order valence-corrected chi connectivity index (χ2v) is 42.0. The number of hydrogen-bond donors (Lipinski definition) is 0. The Bertz CT molecular complexity index is 9100. The molecule has 0 radical (unpaired) electrons. The van der Waals surface area contributed by atoms with E-state index in [1.54, 1.807) is 0 Å². The lowest BCUT2D eigenvalue weighted by Crippen LogP contribution is -2.10. The summed E-state index contributed by atoms with van der Waals surface area (Å²) < 4.78 is 0. The molecule has 25 rings (SSSR count). The summed E-state index contributed by atoms with van der Waals surface area (Å²) in [6.45, 7) is 27.6. The summed E-state index contributed by atoms with van der Waals surface area (Å²) in [5.74, 6) is 0. The SMILES string of the molecule is CC(C)(C)c1ccc2c(-c3ccc4ccccc4c3)c3ccccc3c(-c3ccc4ccccc4c3)c2c1.CC(C)(C)c1ccc2c(-c3cccc4ccccc34)c3ccccc3c(-c3cccc4ccccc34)c2c1.CC(C)(C)c1ccc2c(-c3ccccc3)c3ccccc3c(-c3cccc4ccccc34)c2c1.CC(C)(C)c1ccc2c(-c3ccccc3)c3ccccc3c(-c3ccccc3)c2c1. The third-order valence-corrected chi connectivity index (χ3v) is 29.0. The van der Waals surface area contributed by atoms with Gasteiger partial charge < -0.3 is 0 Å². The molecule has 140 heavy (non-hydrogen) atoms. The summed E-state index contributed by atoms with van der Waals surface area (Å²) in [5.41, 5.74) is 26.5. The molecule has 0 spiro atoms. The Morgan fingerprint density at radius 1 is 0.107 bits per heavy atom.